The third-order valence-corrected chi connectivity index (χ3v) is 13.5. The Morgan fingerprint density at radius 2 is 1.64 bits per heavy atom. The molecule has 6 heterocycles. The summed E-state index contributed by atoms with van der Waals surface area (Å²) in [6.45, 7) is 1.42. The molecule has 0 bridgehead atoms. The minimum absolute atomic E-state index is 0.0896. The van der Waals surface area contributed by atoms with E-state index in [9.17, 15) is 31.5 Å². The Hall–Kier alpha value is -6.57. The normalized spacial score (nSPS) is 17.9. The highest BCUT2D eigenvalue weighted by molar-refractivity contribution is 7.22. The number of H-pyrrole nitrogens is 1. The summed E-state index contributed by atoms with van der Waals surface area (Å²) >= 11 is 1.38. The number of carbonyl (C=O) groups is 2. The van der Waals surface area contributed by atoms with Gasteiger partial charge in [-0.05, 0) is 78.8 Å². The number of piperazine rings is 1. The van der Waals surface area contributed by atoms with Gasteiger partial charge in [-0.2, -0.15) is 32.0 Å². The van der Waals surface area contributed by atoms with Crippen molar-refractivity contribution >= 4 is 55.6 Å². The second-order valence-corrected chi connectivity index (χ2v) is 17.7. The highest BCUT2D eigenvalue weighted by atomic mass is 32.1. The van der Waals surface area contributed by atoms with Crippen LogP contribution in [0.5, 0.6) is 0 Å². The van der Waals surface area contributed by atoms with Gasteiger partial charge in [0.25, 0.3) is 11.8 Å². The van der Waals surface area contributed by atoms with Gasteiger partial charge in [-0.25, -0.2) is 18.7 Å². The van der Waals surface area contributed by atoms with Crippen LogP contribution in [0.2, 0.25) is 0 Å². The maximum absolute atomic E-state index is 15.1. The van der Waals surface area contributed by atoms with E-state index in [-0.39, 0.29) is 29.2 Å². The lowest BCUT2D eigenvalue weighted by atomic mass is 9.92. The summed E-state index contributed by atoms with van der Waals surface area (Å²) in [5.74, 6) is -5.99. The standard InChI is InChI=1S/C44H35F7N10O2S/c45-24-15-22(16-25(46)19-24)17-32(52-34(62)21-61-37-26(7-8-43(37,47)48)36(58-61)44(49,50)51)35-27(23-5-6-29-28(18-23)39(63)57-42(29)9-10-42)20-33-38(55-35)56-41(64-33)60-13-11-59(12-14-60)40-53-30-3-1-2-4-31(30)54-40/h1-6,15-16,18-20,32H,7-14,17,21H2,(H,52,62)(H,53,54)(H,57,63). The van der Waals surface area contributed by atoms with Crippen LogP contribution in [0.3, 0.4) is 0 Å². The molecule has 3 N–H and O–H groups in total. The van der Waals surface area contributed by atoms with Crippen molar-refractivity contribution in [3.05, 3.63) is 118 Å². The first-order valence-electron chi connectivity index (χ1n) is 20.6. The molecule has 1 saturated heterocycles. The van der Waals surface area contributed by atoms with Crippen LogP contribution in [0.1, 0.15) is 69.4 Å². The Labute approximate surface area is 362 Å². The number of amides is 2. The molecule has 11 rings (SSSR count). The summed E-state index contributed by atoms with van der Waals surface area (Å²) in [6, 6.07) is 16.5. The lowest BCUT2D eigenvalue weighted by Crippen LogP contribution is -2.46. The number of aromatic nitrogens is 6. The first-order chi connectivity index (χ1) is 30.6. The molecule has 328 valence electrons. The number of nitrogens with one attached hydrogen (secondary N) is 3. The van der Waals surface area contributed by atoms with E-state index in [0.717, 1.165) is 47.5 Å². The molecule has 1 unspecified atom stereocenters. The average molecular weight is 901 g/mol. The molecule has 2 aliphatic carbocycles. The summed E-state index contributed by atoms with van der Waals surface area (Å²) in [6.07, 6.45) is -5.22. The topological polar surface area (TPSA) is 137 Å². The van der Waals surface area contributed by atoms with Gasteiger partial charge in [-0.1, -0.05) is 35.6 Å². The number of hydrogen-bond donors (Lipinski definition) is 3. The quantitative estimate of drug-likeness (QED) is 0.124. The third-order valence-electron chi connectivity index (χ3n) is 12.5. The van der Waals surface area contributed by atoms with E-state index >= 15 is 8.78 Å². The zero-order chi connectivity index (χ0) is 44.3. The summed E-state index contributed by atoms with van der Waals surface area (Å²) in [7, 11) is 0. The van der Waals surface area contributed by atoms with E-state index < -0.39 is 77.6 Å². The van der Waals surface area contributed by atoms with Gasteiger partial charge in [0.05, 0.1) is 33.0 Å². The fourth-order valence-corrected chi connectivity index (χ4v) is 10.3. The molecule has 20 heteroatoms. The SMILES string of the molecule is O=C(Cn1nc(C(F)(F)F)c2c1C(F)(F)CC2)NC(Cc1cc(F)cc(F)c1)c1nc2nc(N3CCN(c4nc5ccccc5[nH]4)CC3)sc2cc1-c1ccc2c(c1)C(=O)NC21CC1. The zero-order valence-corrected chi connectivity index (χ0v) is 34.3. The number of aromatic amines is 1. The first-order valence-corrected chi connectivity index (χ1v) is 21.5. The predicted molar refractivity (Wildman–Crippen MR) is 222 cm³/mol. The number of anilines is 2. The summed E-state index contributed by atoms with van der Waals surface area (Å²) in [4.78, 5) is 49.5. The molecular weight excluding hydrogens is 866 g/mol. The molecule has 1 saturated carbocycles. The average Bonchev–Trinajstić information content (AvgIpc) is 3.65. The molecule has 2 aliphatic heterocycles. The Morgan fingerprint density at radius 1 is 0.891 bits per heavy atom. The molecule has 1 spiro atoms. The van der Waals surface area contributed by atoms with Crippen LogP contribution < -0.4 is 20.4 Å². The van der Waals surface area contributed by atoms with Crippen LogP contribution in [0.25, 0.3) is 32.5 Å². The summed E-state index contributed by atoms with van der Waals surface area (Å²) < 4.78 is 103. The minimum atomic E-state index is -5.05. The van der Waals surface area contributed by atoms with Crippen LogP contribution in [0.15, 0.2) is 66.7 Å². The van der Waals surface area contributed by atoms with E-state index in [0.29, 0.717) is 63.4 Å². The van der Waals surface area contributed by atoms with Gasteiger partial charge in [0.1, 0.15) is 23.9 Å². The molecule has 2 amide bonds. The van der Waals surface area contributed by atoms with Gasteiger partial charge in [-0.15, -0.1) is 0 Å². The van der Waals surface area contributed by atoms with Crippen LogP contribution in [0, 0.1) is 11.6 Å². The smallest absolute Gasteiger partial charge is 0.346 e. The molecule has 0 radical (unpaired) electrons. The number of carbonyl (C=O) groups excluding carboxylic acids is 2. The van der Waals surface area contributed by atoms with Gasteiger partial charge in [0.15, 0.2) is 16.5 Å². The lowest BCUT2D eigenvalue weighted by molar-refractivity contribution is -0.142. The number of hydrogen-bond acceptors (Lipinski definition) is 9. The van der Waals surface area contributed by atoms with E-state index in [1.807, 2.05) is 42.5 Å². The van der Waals surface area contributed by atoms with Crippen molar-refractivity contribution in [1.82, 2.24) is 40.3 Å². The molecule has 4 aromatic heterocycles. The Morgan fingerprint density at radius 3 is 2.38 bits per heavy atom. The number of fused-ring (bicyclic) bond motifs is 5. The van der Waals surface area contributed by atoms with E-state index in [2.05, 4.69) is 30.5 Å². The van der Waals surface area contributed by atoms with Gasteiger partial charge in [0.2, 0.25) is 11.9 Å². The van der Waals surface area contributed by atoms with Crippen LogP contribution in [0.4, 0.5) is 41.8 Å². The molecule has 2 fully saturated rings. The Kier molecular flexibility index (Phi) is 9.10. The third kappa shape index (κ3) is 6.98. The molecule has 7 aromatic rings. The lowest BCUT2D eigenvalue weighted by Gasteiger charge is -2.34. The number of nitrogens with zero attached hydrogens (tertiary/aromatic N) is 7. The molecule has 4 aliphatic rings. The number of thiazole rings is 1. The van der Waals surface area contributed by atoms with Crippen molar-refractivity contribution < 1.29 is 40.3 Å². The second kappa shape index (κ2) is 14.5. The van der Waals surface area contributed by atoms with Gasteiger partial charge < -0.3 is 25.4 Å². The fourth-order valence-electron chi connectivity index (χ4n) is 9.33. The van der Waals surface area contributed by atoms with Crippen molar-refractivity contribution in [2.75, 3.05) is 36.0 Å². The number of halogens is 7. The monoisotopic (exact) mass is 900 g/mol. The molecule has 3 aromatic carbocycles. The number of pyridine rings is 1. The maximum atomic E-state index is 15.1. The van der Waals surface area contributed by atoms with E-state index in [4.69, 9.17) is 15.0 Å². The number of alkyl halides is 5. The van der Waals surface area contributed by atoms with Crippen molar-refractivity contribution in [3.8, 4) is 11.1 Å². The first kappa shape index (κ1) is 40.2. The highest BCUT2D eigenvalue weighted by Crippen LogP contribution is 2.51. The summed E-state index contributed by atoms with van der Waals surface area (Å²) in [5.41, 5.74) is 0.990. The largest absolute Gasteiger partial charge is 0.435 e. The van der Waals surface area contributed by atoms with Gasteiger partial charge in [-0.3, -0.25) is 14.3 Å². The van der Waals surface area contributed by atoms with Crippen molar-refractivity contribution in [1.29, 1.82) is 0 Å². The predicted octanol–water partition coefficient (Wildman–Crippen LogP) is 7.93. The molecule has 64 heavy (non-hydrogen) atoms. The molecular formula is C44H35F7N10O2S. The fraction of sp³-hybridized carbons (Fsp3) is 0.318. The molecule has 1 atom stereocenters. The van der Waals surface area contributed by atoms with Crippen LogP contribution in [-0.2, 0) is 41.8 Å². The maximum Gasteiger partial charge on any atom is 0.435 e. The highest BCUT2D eigenvalue weighted by Gasteiger charge is 2.52. The Bertz CT molecular complexity index is 3010. The zero-order valence-electron chi connectivity index (χ0n) is 33.5. The minimum Gasteiger partial charge on any atom is -0.346 e. The summed E-state index contributed by atoms with van der Waals surface area (Å²) in [5, 5.41) is 9.90. The van der Waals surface area contributed by atoms with Crippen molar-refractivity contribution in [2.24, 2.45) is 0 Å². The van der Waals surface area contributed by atoms with Gasteiger partial charge >= 0.3 is 6.18 Å². The van der Waals surface area contributed by atoms with Crippen LogP contribution >= 0.6 is 11.3 Å². The second-order valence-electron chi connectivity index (χ2n) is 16.7. The number of rotatable bonds is 9. The number of benzene rings is 3. The Balaban J connectivity index is 0.979. The number of para-hydroxylation sites is 2. The van der Waals surface area contributed by atoms with Gasteiger partial charge in [0, 0.05) is 55.4 Å². The van der Waals surface area contributed by atoms with E-state index in [1.54, 1.807) is 6.07 Å². The van der Waals surface area contributed by atoms with Crippen molar-refractivity contribution in [3.63, 3.8) is 0 Å². The van der Waals surface area contributed by atoms with Crippen molar-refractivity contribution in [2.45, 2.75) is 62.3 Å². The van der Waals surface area contributed by atoms with E-state index in [1.165, 1.54) is 11.3 Å². The van der Waals surface area contributed by atoms with Crippen LogP contribution in [-0.4, -0.2) is 67.7 Å². The molecule has 12 nitrogen and oxygen atoms in total. The number of imidazole rings is 1.